The van der Waals surface area contributed by atoms with E-state index in [4.69, 9.17) is 9.98 Å². The molecule has 1 N–H and O–H groups in total. The van der Waals surface area contributed by atoms with Crippen LogP contribution >= 0.6 is 0 Å². The first-order valence-electron chi connectivity index (χ1n) is 15.2. The van der Waals surface area contributed by atoms with Gasteiger partial charge in [0.25, 0.3) is 0 Å². The van der Waals surface area contributed by atoms with Crippen molar-refractivity contribution in [2.45, 2.75) is 30.8 Å². The van der Waals surface area contributed by atoms with Crippen molar-refractivity contribution in [1.82, 2.24) is 5.32 Å². The van der Waals surface area contributed by atoms with Gasteiger partial charge in [-0.1, -0.05) is 140 Å². The van der Waals surface area contributed by atoms with E-state index >= 15 is 0 Å². The van der Waals surface area contributed by atoms with Crippen molar-refractivity contribution in [2.24, 2.45) is 15.9 Å². The highest BCUT2D eigenvalue weighted by Crippen LogP contribution is 2.53. The summed E-state index contributed by atoms with van der Waals surface area (Å²) in [5, 5.41) is 3.62. The van der Waals surface area contributed by atoms with Crippen LogP contribution in [0.25, 0.3) is 22.3 Å². The molecule has 0 radical (unpaired) electrons. The summed E-state index contributed by atoms with van der Waals surface area (Å²) < 4.78 is 0. The van der Waals surface area contributed by atoms with Gasteiger partial charge in [0.15, 0.2) is 6.17 Å². The molecule has 1 heterocycles. The van der Waals surface area contributed by atoms with Crippen molar-refractivity contribution in [3.8, 4) is 22.3 Å². The van der Waals surface area contributed by atoms with Crippen LogP contribution in [0.15, 0.2) is 156 Å². The van der Waals surface area contributed by atoms with Gasteiger partial charge in [0.05, 0.1) is 0 Å². The van der Waals surface area contributed by atoms with E-state index in [2.05, 4.69) is 152 Å². The van der Waals surface area contributed by atoms with Crippen molar-refractivity contribution in [3.05, 3.63) is 168 Å². The molecule has 3 aliphatic carbocycles. The number of amidine groups is 2. The average molecular weight is 556 g/mol. The fourth-order valence-corrected chi connectivity index (χ4v) is 7.05. The molecule has 3 unspecified atom stereocenters. The zero-order valence-electron chi connectivity index (χ0n) is 24.2. The van der Waals surface area contributed by atoms with Crippen LogP contribution in [0.2, 0.25) is 0 Å². The molecule has 0 fully saturated rings. The van der Waals surface area contributed by atoms with Crippen LogP contribution in [0.1, 0.15) is 47.7 Å². The summed E-state index contributed by atoms with van der Waals surface area (Å²) in [4.78, 5) is 10.2. The van der Waals surface area contributed by atoms with Crippen LogP contribution in [-0.4, -0.2) is 11.7 Å². The molecule has 0 bridgehead atoms. The fraction of sp³-hybridized carbons (Fsp3) is 0.150. The van der Waals surface area contributed by atoms with Gasteiger partial charge in [-0.25, -0.2) is 9.98 Å². The predicted molar refractivity (Wildman–Crippen MR) is 178 cm³/mol. The van der Waals surface area contributed by atoms with Crippen LogP contribution in [0, 0.1) is 5.92 Å². The Labute approximate surface area is 253 Å². The number of aliphatic imine (C=N–C) groups is 2. The molecule has 4 aromatic carbocycles. The highest BCUT2D eigenvalue weighted by atomic mass is 15.2. The number of nitrogens with one attached hydrogen (secondary N) is 1. The second kappa shape index (κ2) is 10.4. The van der Waals surface area contributed by atoms with Crippen molar-refractivity contribution >= 4 is 11.7 Å². The molecule has 0 spiro atoms. The van der Waals surface area contributed by atoms with Gasteiger partial charge in [-0.15, -0.1) is 0 Å². The van der Waals surface area contributed by atoms with E-state index in [1.807, 2.05) is 6.07 Å². The molecule has 208 valence electrons. The first-order chi connectivity index (χ1) is 21.2. The molecule has 0 aromatic heterocycles. The number of hydrogen-bond acceptors (Lipinski definition) is 3. The Bertz CT molecular complexity index is 1910. The van der Waals surface area contributed by atoms with Crippen molar-refractivity contribution in [2.75, 3.05) is 0 Å². The minimum atomic E-state index is -0.275. The summed E-state index contributed by atoms with van der Waals surface area (Å²) in [6.45, 7) is 2.37. The quantitative estimate of drug-likeness (QED) is 0.268. The summed E-state index contributed by atoms with van der Waals surface area (Å²) >= 11 is 0. The first kappa shape index (κ1) is 25.7. The van der Waals surface area contributed by atoms with Gasteiger partial charge in [0, 0.05) is 22.8 Å². The van der Waals surface area contributed by atoms with Crippen LogP contribution in [0.3, 0.4) is 0 Å². The van der Waals surface area contributed by atoms with Gasteiger partial charge in [-0.3, -0.25) is 0 Å². The molecule has 0 amide bonds. The lowest BCUT2D eigenvalue weighted by Gasteiger charge is -2.42. The molecule has 3 heteroatoms. The second-order valence-electron chi connectivity index (χ2n) is 12.0. The molecule has 0 saturated heterocycles. The van der Waals surface area contributed by atoms with Crippen LogP contribution in [0.4, 0.5) is 0 Å². The summed E-state index contributed by atoms with van der Waals surface area (Å²) in [5.41, 5.74) is 9.94. The van der Waals surface area contributed by atoms with E-state index in [9.17, 15) is 0 Å². The second-order valence-corrected chi connectivity index (χ2v) is 12.0. The zero-order chi connectivity index (χ0) is 28.8. The Hall–Kier alpha value is -5.02. The van der Waals surface area contributed by atoms with Gasteiger partial charge < -0.3 is 5.32 Å². The van der Waals surface area contributed by atoms with E-state index < -0.39 is 0 Å². The van der Waals surface area contributed by atoms with E-state index in [1.165, 1.54) is 33.4 Å². The average Bonchev–Trinajstić information content (AvgIpc) is 3.09. The van der Waals surface area contributed by atoms with Gasteiger partial charge in [-0.05, 0) is 57.5 Å². The number of nitrogens with zero attached hydrogens (tertiary/aromatic N) is 2. The van der Waals surface area contributed by atoms with Crippen molar-refractivity contribution in [3.63, 3.8) is 0 Å². The Kier molecular flexibility index (Phi) is 6.18. The monoisotopic (exact) mass is 555 g/mol. The van der Waals surface area contributed by atoms with E-state index in [-0.39, 0.29) is 17.5 Å². The molecule has 4 aromatic rings. The standard InChI is InChI=1S/C40H33N3/c1-40-24-11-10-21-36(40)33-23-22-30(26-34(33)32-19-8-9-20-35(32)40)29-17-12-18-31(25-29)39-42-37(27-13-4-2-5-14-27)41-38(43-39)28-15-6-3-7-16-28/h2-15,17-26,28,36-37H,16H2,1H3,(H,41,42,43)/t28?,36?,37-,40?/m1/s1. The smallest absolute Gasteiger partial charge is 0.169 e. The lowest BCUT2D eigenvalue weighted by Crippen LogP contribution is -2.39. The van der Waals surface area contributed by atoms with Crippen LogP contribution in [0.5, 0.6) is 0 Å². The number of benzene rings is 4. The van der Waals surface area contributed by atoms with E-state index in [0.717, 1.165) is 29.2 Å². The van der Waals surface area contributed by atoms with Gasteiger partial charge >= 0.3 is 0 Å². The number of allylic oxidation sites excluding steroid dienone is 7. The number of hydrogen-bond donors (Lipinski definition) is 1. The summed E-state index contributed by atoms with van der Waals surface area (Å²) in [6, 6.07) is 35.0. The number of fused-ring (bicyclic) bond motifs is 6. The molecule has 43 heavy (non-hydrogen) atoms. The normalized spacial score (nSPS) is 24.7. The highest BCUT2D eigenvalue weighted by molar-refractivity contribution is 6.12. The first-order valence-corrected chi connectivity index (χ1v) is 15.2. The molecule has 4 aliphatic rings. The Morgan fingerprint density at radius 3 is 2.40 bits per heavy atom. The zero-order valence-corrected chi connectivity index (χ0v) is 24.2. The molecule has 8 rings (SSSR count). The SMILES string of the molecule is CC12C=CC=CC1c1ccc(-c3cccc(C4=N[C@H](c5ccccc5)N=C(C5C=CC=CC5)N4)c3)cc1-c1ccccc12. The third kappa shape index (κ3) is 4.44. The van der Waals surface area contributed by atoms with Gasteiger partial charge in [0.1, 0.15) is 11.7 Å². The molecule has 3 nitrogen and oxygen atoms in total. The Morgan fingerprint density at radius 2 is 1.51 bits per heavy atom. The van der Waals surface area contributed by atoms with Crippen molar-refractivity contribution < 1.29 is 0 Å². The molecular weight excluding hydrogens is 522 g/mol. The van der Waals surface area contributed by atoms with Gasteiger partial charge in [0.2, 0.25) is 0 Å². The maximum absolute atomic E-state index is 5.12. The topological polar surface area (TPSA) is 36.8 Å². The highest BCUT2D eigenvalue weighted by Gasteiger charge is 2.41. The minimum Gasteiger partial charge on any atom is -0.328 e. The molecular formula is C40H33N3. The van der Waals surface area contributed by atoms with Crippen LogP contribution < -0.4 is 5.32 Å². The minimum absolute atomic E-state index is 0.0392. The summed E-state index contributed by atoms with van der Waals surface area (Å²) in [7, 11) is 0. The molecule has 1 aliphatic heterocycles. The fourth-order valence-electron chi connectivity index (χ4n) is 7.05. The lowest BCUT2D eigenvalue weighted by molar-refractivity contribution is 0.519. The molecule has 0 saturated carbocycles. The maximum Gasteiger partial charge on any atom is 0.169 e. The summed E-state index contributed by atoms with van der Waals surface area (Å²) in [5.74, 6) is 2.36. The van der Waals surface area contributed by atoms with Crippen LogP contribution in [-0.2, 0) is 5.41 Å². The Morgan fingerprint density at radius 1 is 0.698 bits per heavy atom. The van der Waals surface area contributed by atoms with Gasteiger partial charge in [-0.2, -0.15) is 0 Å². The third-order valence-electron chi connectivity index (χ3n) is 9.35. The van der Waals surface area contributed by atoms with E-state index in [0.29, 0.717) is 5.92 Å². The summed E-state index contributed by atoms with van der Waals surface area (Å²) in [6.07, 6.45) is 18.4. The maximum atomic E-state index is 5.12. The third-order valence-corrected chi connectivity index (χ3v) is 9.35. The molecule has 4 atom stereocenters. The lowest BCUT2D eigenvalue weighted by atomic mass is 9.60. The largest absolute Gasteiger partial charge is 0.328 e. The van der Waals surface area contributed by atoms with E-state index in [1.54, 1.807) is 0 Å². The predicted octanol–water partition coefficient (Wildman–Crippen LogP) is 9.08. The Balaban J connectivity index is 1.18. The number of rotatable bonds is 4. The van der Waals surface area contributed by atoms with Crippen molar-refractivity contribution in [1.29, 1.82) is 0 Å².